The van der Waals surface area contributed by atoms with Gasteiger partial charge in [-0.15, -0.1) is 0 Å². The third kappa shape index (κ3) is 2.40. The molecule has 1 aliphatic rings. The first kappa shape index (κ1) is 14.1. The van der Waals surface area contributed by atoms with Crippen molar-refractivity contribution in [3.8, 4) is 6.07 Å². The minimum absolute atomic E-state index is 0.346. The number of carbonyl (C=O) groups is 1. The average Bonchev–Trinajstić information content (AvgIpc) is 2.60. The number of rotatable bonds is 2. The van der Waals surface area contributed by atoms with E-state index in [-0.39, 0.29) is 5.97 Å². The molecule has 0 atom stereocenters. The Morgan fingerprint density at radius 1 is 1.18 bits per heavy atom. The monoisotopic (exact) mass is 289 g/mol. The van der Waals surface area contributed by atoms with Gasteiger partial charge in [0.15, 0.2) is 0 Å². The number of methoxy groups -OCH3 is 1. The molecule has 0 aromatic heterocycles. The Labute approximate surface area is 129 Å². The predicted octanol–water partition coefficient (Wildman–Crippen LogP) is 3.72. The Balaban J connectivity index is 2.15. The van der Waals surface area contributed by atoms with Crippen LogP contribution >= 0.6 is 0 Å². The summed E-state index contributed by atoms with van der Waals surface area (Å²) in [5.41, 5.74) is 5.31. The van der Waals surface area contributed by atoms with Gasteiger partial charge in [-0.1, -0.05) is 30.3 Å². The molecule has 0 saturated carbocycles. The van der Waals surface area contributed by atoms with Crippen LogP contribution in [0.1, 0.15) is 39.0 Å². The molecule has 1 aliphatic carbocycles. The minimum atomic E-state index is -0.346. The lowest BCUT2D eigenvalue weighted by Crippen LogP contribution is -2.07. The normalized spacial score (nSPS) is 12.8. The van der Waals surface area contributed by atoms with E-state index in [1.54, 1.807) is 6.07 Å². The van der Waals surface area contributed by atoms with E-state index in [0.29, 0.717) is 11.1 Å². The van der Waals surface area contributed by atoms with Crippen LogP contribution in [0.5, 0.6) is 0 Å². The van der Waals surface area contributed by atoms with Crippen molar-refractivity contribution >= 4 is 11.5 Å². The van der Waals surface area contributed by atoms with E-state index >= 15 is 0 Å². The Morgan fingerprint density at radius 3 is 2.77 bits per heavy atom. The van der Waals surface area contributed by atoms with Crippen LogP contribution in [-0.4, -0.2) is 13.1 Å². The largest absolute Gasteiger partial charge is 0.465 e. The van der Waals surface area contributed by atoms with Gasteiger partial charge < -0.3 is 4.74 Å². The highest BCUT2D eigenvalue weighted by molar-refractivity contribution is 5.93. The second-order valence-electron chi connectivity index (χ2n) is 5.18. The van der Waals surface area contributed by atoms with Gasteiger partial charge in [-0.25, -0.2) is 4.79 Å². The van der Waals surface area contributed by atoms with Gasteiger partial charge in [0.05, 0.1) is 24.3 Å². The first-order valence-corrected chi connectivity index (χ1v) is 7.16. The van der Waals surface area contributed by atoms with Crippen molar-refractivity contribution in [2.75, 3.05) is 7.11 Å². The maximum Gasteiger partial charge on any atom is 0.337 e. The molecule has 2 aromatic carbocycles. The van der Waals surface area contributed by atoms with E-state index in [1.807, 2.05) is 36.4 Å². The van der Waals surface area contributed by atoms with Crippen molar-refractivity contribution in [2.24, 2.45) is 0 Å². The SMILES string of the molecule is COC(=O)c1ccc2c(c1)C(c1ccccc1C#N)=CCC2. The summed E-state index contributed by atoms with van der Waals surface area (Å²) >= 11 is 0. The van der Waals surface area contributed by atoms with Crippen LogP contribution in [0.25, 0.3) is 5.57 Å². The smallest absolute Gasteiger partial charge is 0.337 e. The van der Waals surface area contributed by atoms with Gasteiger partial charge in [0.1, 0.15) is 0 Å². The van der Waals surface area contributed by atoms with Gasteiger partial charge in [0.25, 0.3) is 0 Å². The number of carbonyl (C=O) groups excluding carboxylic acids is 1. The van der Waals surface area contributed by atoms with Crippen LogP contribution in [0, 0.1) is 11.3 Å². The zero-order chi connectivity index (χ0) is 15.5. The molecule has 0 unspecified atom stereocenters. The summed E-state index contributed by atoms with van der Waals surface area (Å²) in [7, 11) is 1.38. The minimum Gasteiger partial charge on any atom is -0.465 e. The number of aryl methyl sites for hydroxylation is 1. The van der Waals surface area contributed by atoms with E-state index < -0.39 is 0 Å². The van der Waals surface area contributed by atoms with Gasteiger partial charge >= 0.3 is 5.97 Å². The highest BCUT2D eigenvalue weighted by atomic mass is 16.5. The van der Waals surface area contributed by atoms with Crippen molar-refractivity contribution in [3.05, 3.63) is 76.4 Å². The van der Waals surface area contributed by atoms with Crippen LogP contribution in [0.3, 0.4) is 0 Å². The van der Waals surface area contributed by atoms with E-state index in [9.17, 15) is 10.1 Å². The molecule has 0 radical (unpaired) electrons. The van der Waals surface area contributed by atoms with E-state index in [0.717, 1.165) is 29.5 Å². The van der Waals surface area contributed by atoms with Gasteiger partial charge in [0.2, 0.25) is 0 Å². The van der Waals surface area contributed by atoms with E-state index in [1.165, 1.54) is 12.7 Å². The molecule has 0 saturated heterocycles. The summed E-state index contributed by atoms with van der Waals surface area (Å²) < 4.78 is 4.80. The van der Waals surface area contributed by atoms with Crippen molar-refractivity contribution in [2.45, 2.75) is 12.8 Å². The van der Waals surface area contributed by atoms with Crippen LogP contribution in [-0.2, 0) is 11.2 Å². The van der Waals surface area contributed by atoms with Crippen molar-refractivity contribution in [1.29, 1.82) is 5.26 Å². The van der Waals surface area contributed by atoms with Crippen molar-refractivity contribution in [3.63, 3.8) is 0 Å². The second-order valence-corrected chi connectivity index (χ2v) is 5.18. The van der Waals surface area contributed by atoms with Gasteiger partial charge in [-0.05, 0) is 53.3 Å². The number of hydrogen-bond acceptors (Lipinski definition) is 3. The molecule has 0 bridgehead atoms. The van der Waals surface area contributed by atoms with E-state index in [2.05, 4.69) is 12.1 Å². The lowest BCUT2D eigenvalue weighted by atomic mass is 9.84. The molecule has 3 nitrogen and oxygen atoms in total. The Hall–Kier alpha value is -2.86. The zero-order valence-corrected chi connectivity index (χ0v) is 12.3. The number of nitrogens with zero attached hydrogens (tertiary/aromatic N) is 1. The molecular formula is C19H15NO2. The highest BCUT2D eigenvalue weighted by Gasteiger charge is 2.18. The van der Waals surface area contributed by atoms with Gasteiger partial charge in [0, 0.05) is 0 Å². The molecule has 0 amide bonds. The molecule has 0 N–H and O–H groups in total. The highest BCUT2D eigenvalue weighted by Crippen LogP contribution is 2.34. The third-order valence-electron chi connectivity index (χ3n) is 3.92. The number of hydrogen-bond donors (Lipinski definition) is 0. The molecular weight excluding hydrogens is 274 g/mol. The quantitative estimate of drug-likeness (QED) is 0.792. The molecule has 0 fully saturated rings. The maximum absolute atomic E-state index is 11.8. The van der Waals surface area contributed by atoms with E-state index in [4.69, 9.17) is 4.74 Å². The number of ether oxygens (including phenoxy) is 1. The molecule has 2 aromatic rings. The fraction of sp³-hybridized carbons (Fsp3) is 0.158. The summed E-state index contributed by atoms with van der Waals surface area (Å²) in [5.74, 6) is -0.346. The lowest BCUT2D eigenvalue weighted by Gasteiger charge is -2.19. The first-order chi connectivity index (χ1) is 10.7. The molecule has 0 spiro atoms. The average molecular weight is 289 g/mol. The fourth-order valence-corrected chi connectivity index (χ4v) is 2.84. The predicted molar refractivity (Wildman–Crippen MR) is 84.3 cm³/mol. The Morgan fingerprint density at radius 2 is 2.00 bits per heavy atom. The summed E-state index contributed by atoms with van der Waals surface area (Å²) in [5, 5.41) is 9.33. The molecule has 3 rings (SSSR count). The number of nitriles is 1. The molecule has 0 aliphatic heterocycles. The molecule has 108 valence electrons. The fourth-order valence-electron chi connectivity index (χ4n) is 2.84. The third-order valence-corrected chi connectivity index (χ3v) is 3.92. The molecule has 3 heteroatoms. The standard InChI is InChI=1S/C19H15NO2/c1-22-19(21)14-10-9-13-6-4-8-17(18(13)11-14)16-7-3-2-5-15(16)12-20/h2-3,5,7-11H,4,6H2,1H3. The lowest BCUT2D eigenvalue weighted by molar-refractivity contribution is 0.0600. The molecule has 0 heterocycles. The first-order valence-electron chi connectivity index (χ1n) is 7.16. The van der Waals surface area contributed by atoms with Gasteiger partial charge in [-0.2, -0.15) is 5.26 Å². The van der Waals surface area contributed by atoms with Gasteiger partial charge in [-0.3, -0.25) is 0 Å². The summed E-state index contributed by atoms with van der Waals surface area (Å²) in [6, 6.07) is 15.4. The second kappa shape index (κ2) is 5.87. The maximum atomic E-state index is 11.8. The number of allylic oxidation sites excluding steroid dienone is 1. The van der Waals surface area contributed by atoms with Crippen molar-refractivity contribution < 1.29 is 9.53 Å². The zero-order valence-electron chi connectivity index (χ0n) is 12.3. The number of fused-ring (bicyclic) bond motifs is 1. The Kier molecular flexibility index (Phi) is 3.76. The van der Waals surface area contributed by atoms with Crippen molar-refractivity contribution in [1.82, 2.24) is 0 Å². The number of benzene rings is 2. The Bertz CT molecular complexity index is 812. The van der Waals surface area contributed by atoms with Crippen LogP contribution in [0.4, 0.5) is 0 Å². The summed E-state index contributed by atoms with van der Waals surface area (Å²) in [6.07, 6.45) is 4.01. The summed E-state index contributed by atoms with van der Waals surface area (Å²) in [6.45, 7) is 0. The van der Waals surface area contributed by atoms with Crippen LogP contribution < -0.4 is 0 Å². The van der Waals surface area contributed by atoms with Crippen LogP contribution in [0.2, 0.25) is 0 Å². The topological polar surface area (TPSA) is 50.1 Å². The summed E-state index contributed by atoms with van der Waals surface area (Å²) in [4.78, 5) is 11.8. The molecule has 22 heavy (non-hydrogen) atoms. The van der Waals surface area contributed by atoms with Crippen LogP contribution in [0.15, 0.2) is 48.5 Å². The number of esters is 1.